The van der Waals surface area contributed by atoms with E-state index < -0.39 is 0 Å². The molecule has 1 aliphatic rings. The maximum atomic E-state index is 12.2. The topological polar surface area (TPSA) is 71.8 Å². The zero-order valence-electron chi connectivity index (χ0n) is 11.6. The predicted molar refractivity (Wildman–Crippen MR) is 79.3 cm³/mol. The van der Waals surface area contributed by atoms with E-state index in [1.807, 2.05) is 19.1 Å². The fourth-order valence-corrected chi connectivity index (χ4v) is 2.25. The summed E-state index contributed by atoms with van der Waals surface area (Å²) in [6, 6.07) is 7.57. The van der Waals surface area contributed by atoms with Gasteiger partial charge in [-0.2, -0.15) is 0 Å². The molecule has 1 aromatic carbocycles. The first-order valence-corrected chi connectivity index (χ1v) is 7.20. The number of carbonyl (C=O) groups excluding carboxylic acids is 1. The van der Waals surface area contributed by atoms with Crippen molar-refractivity contribution in [3.63, 3.8) is 0 Å². The van der Waals surface area contributed by atoms with Gasteiger partial charge in [0, 0.05) is 18.1 Å². The van der Waals surface area contributed by atoms with Crippen molar-refractivity contribution >= 4 is 17.5 Å². The zero-order valence-corrected chi connectivity index (χ0v) is 12.3. The highest BCUT2D eigenvalue weighted by atomic mass is 35.5. The third-order valence-electron chi connectivity index (χ3n) is 3.59. The van der Waals surface area contributed by atoms with Crippen LogP contribution in [0.15, 0.2) is 30.5 Å². The van der Waals surface area contributed by atoms with Crippen LogP contribution in [0.4, 0.5) is 0 Å². The summed E-state index contributed by atoms with van der Waals surface area (Å²) >= 11 is 5.86. The highest BCUT2D eigenvalue weighted by molar-refractivity contribution is 6.30. The summed E-state index contributed by atoms with van der Waals surface area (Å²) in [5.74, 6) is -0.226. The molecule has 110 valence electrons. The van der Waals surface area contributed by atoms with E-state index in [4.69, 9.17) is 11.6 Å². The molecular weight excluding hydrogens is 290 g/mol. The van der Waals surface area contributed by atoms with Crippen LogP contribution in [0, 0.1) is 0 Å². The van der Waals surface area contributed by atoms with Gasteiger partial charge in [-0.25, -0.2) is 4.68 Å². The van der Waals surface area contributed by atoms with Crippen molar-refractivity contribution in [3.8, 4) is 0 Å². The van der Waals surface area contributed by atoms with Gasteiger partial charge in [-0.3, -0.25) is 4.79 Å². The van der Waals surface area contributed by atoms with Crippen LogP contribution in [-0.4, -0.2) is 34.0 Å². The first-order chi connectivity index (χ1) is 10.1. The van der Waals surface area contributed by atoms with Crippen molar-refractivity contribution in [2.75, 3.05) is 13.1 Å². The minimum absolute atomic E-state index is 0.120. The van der Waals surface area contributed by atoms with Crippen LogP contribution in [0.3, 0.4) is 0 Å². The van der Waals surface area contributed by atoms with E-state index in [-0.39, 0.29) is 11.9 Å². The average molecular weight is 306 g/mol. The van der Waals surface area contributed by atoms with Crippen LogP contribution < -0.4 is 10.6 Å². The Kier molecular flexibility index (Phi) is 3.90. The highest BCUT2D eigenvalue weighted by Gasteiger charge is 2.22. The van der Waals surface area contributed by atoms with E-state index in [1.54, 1.807) is 23.0 Å². The second-order valence-electron chi connectivity index (χ2n) is 5.14. The molecule has 1 amide bonds. The number of hydrogen-bond donors (Lipinski definition) is 2. The maximum Gasteiger partial charge on any atom is 0.273 e. The molecule has 21 heavy (non-hydrogen) atoms. The lowest BCUT2D eigenvalue weighted by atomic mass is 10.1. The molecular formula is C14H16ClN5O. The second-order valence-corrected chi connectivity index (χ2v) is 5.58. The van der Waals surface area contributed by atoms with Crippen LogP contribution in [0.5, 0.6) is 0 Å². The molecule has 1 aromatic heterocycles. The van der Waals surface area contributed by atoms with E-state index >= 15 is 0 Å². The molecule has 1 atom stereocenters. The molecule has 2 aromatic rings. The standard InChI is InChI=1S/C14H16ClN5O/c1-9(10-2-4-11(15)5-3-10)17-14(21)13-8-20(19-18-13)12-6-16-7-12/h2-5,8-9,12,16H,6-7H2,1H3,(H,17,21)/t9-/m1/s1. The van der Waals surface area contributed by atoms with Gasteiger partial charge < -0.3 is 10.6 Å². The number of nitrogens with one attached hydrogen (secondary N) is 2. The molecule has 6 nitrogen and oxygen atoms in total. The van der Waals surface area contributed by atoms with Gasteiger partial charge in [-0.1, -0.05) is 28.9 Å². The van der Waals surface area contributed by atoms with E-state index in [2.05, 4.69) is 20.9 Å². The number of hydrogen-bond acceptors (Lipinski definition) is 4. The van der Waals surface area contributed by atoms with Crippen molar-refractivity contribution in [2.45, 2.75) is 19.0 Å². The van der Waals surface area contributed by atoms with Gasteiger partial charge in [0.25, 0.3) is 5.91 Å². The summed E-state index contributed by atoms with van der Waals surface area (Å²) in [6.07, 6.45) is 1.69. The van der Waals surface area contributed by atoms with Crippen LogP contribution in [-0.2, 0) is 0 Å². The molecule has 1 saturated heterocycles. The highest BCUT2D eigenvalue weighted by Crippen LogP contribution is 2.16. The minimum Gasteiger partial charge on any atom is -0.344 e. The Hall–Kier alpha value is -1.92. The van der Waals surface area contributed by atoms with E-state index in [1.165, 1.54) is 0 Å². The predicted octanol–water partition coefficient (Wildman–Crippen LogP) is 1.57. The molecule has 2 N–H and O–H groups in total. The lowest BCUT2D eigenvalue weighted by Gasteiger charge is -2.26. The molecule has 0 saturated carbocycles. The van der Waals surface area contributed by atoms with E-state index in [9.17, 15) is 4.79 Å². The fraction of sp³-hybridized carbons (Fsp3) is 0.357. The van der Waals surface area contributed by atoms with Crippen LogP contribution in [0.25, 0.3) is 0 Å². The lowest BCUT2D eigenvalue weighted by molar-refractivity contribution is 0.0934. The van der Waals surface area contributed by atoms with Gasteiger partial charge in [0.05, 0.1) is 18.3 Å². The first-order valence-electron chi connectivity index (χ1n) is 6.82. The quantitative estimate of drug-likeness (QED) is 0.899. The van der Waals surface area contributed by atoms with Crippen molar-refractivity contribution in [3.05, 3.63) is 46.7 Å². The summed E-state index contributed by atoms with van der Waals surface area (Å²) < 4.78 is 1.73. The monoisotopic (exact) mass is 305 g/mol. The fourth-order valence-electron chi connectivity index (χ4n) is 2.13. The van der Waals surface area contributed by atoms with Crippen LogP contribution in [0.2, 0.25) is 5.02 Å². The maximum absolute atomic E-state index is 12.2. The van der Waals surface area contributed by atoms with Gasteiger partial charge in [-0.15, -0.1) is 5.10 Å². The lowest BCUT2D eigenvalue weighted by Crippen LogP contribution is -2.43. The van der Waals surface area contributed by atoms with Crippen LogP contribution >= 0.6 is 11.6 Å². The van der Waals surface area contributed by atoms with Gasteiger partial charge in [0.15, 0.2) is 5.69 Å². The average Bonchev–Trinajstić information content (AvgIpc) is 2.86. The Balaban J connectivity index is 1.65. The Morgan fingerprint density at radius 1 is 1.43 bits per heavy atom. The third-order valence-corrected chi connectivity index (χ3v) is 3.85. The van der Waals surface area contributed by atoms with Crippen molar-refractivity contribution in [1.82, 2.24) is 25.6 Å². The number of aromatic nitrogens is 3. The van der Waals surface area contributed by atoms with Crippen molar-refractivity contribution in [1.29, 1.82) is 0 Å². The number of carbonyl (C=O) groups is 1. The third kappa shape index (κ3) is 3.06. The molecule has 0 bridgehead atoms. The second kappa shape index (κ2) is 5.83. The Morgan fingerprint density at radius 2 is 2.14 bits per heavy atom. The molecule has 0 unspecified atom stereocenters. The van der Waals surface area contributed by atoms with Gasteiger partial charge in [-0.05, 0) is 24.6 Å². The van der Waals surface area contributed by atoms with Crippen LogP contribution in [0.1, 0.15) is 35.1 Å². The molecule has 7 heteroatoms. The summed E-state index contributed by atoms with van der Waals surface area (Å²) in [6.45, 7) is 3.65. The molecule has 0 radical (unpaired) electrons. The number of nitrogens with zero attached hydrogens (tertiary/aromatic N) is 3. The minimum atomic E-state index is -0.226. The number of amides is 1. The summed E-state index contributed by atoms with van der Waals surface area (Å²) in [7, 11) is 0. The number of halogens is 1. The Morgan fingerprint density at radius 3 is 2.76 bits per heavy atom. The molecule has 3 rings (SSSR count). The first kappa shape index (κ1) is 14.0. The molecule has 2 heterocycles. The van der Waals surface area contributed by atoms with Gasteiger partial charge in [0.2, 0.25) is 0 Å². The molecule has 1 fully saturated rings. The van der Waals surface area contributed by atoms with Gasteiger partial charge >= 0.3 is 0 Å². The zero-order chi connectivity index (χ0) is 14.8. The molecule has 0 aliphatic carbocycles. The Labute approximate surface area is 127 Å². The molecule has 0 spiro atoms. The molecule has 1 aliphatic heterocycles. The van der Waals surface area contributed by atoms with E-state index in [0.717, 1.165) is 18.7 Å². The van der Waals surface area contributed by atoms with E-state index in [0.29, 0.717) is 16.8 Å². The SMILES string of the molecule is C[C@@H](NC(=O)c1cn(C2CNC2)nn1)c1ccc(Cl)cc1. The summed E-state index contributed by atoms with van der Waals surface area (Å²) in [5, 5.41) is 14.7. The summed E-state index contributed by atoms with van der Waals surface area (Å²) in [4.78, 5) is 12.2. The summed E-state index contributed by atoms with van der Waals surface area (Å²) in [5.41, 5.74) is 1.33. The number of rotatable bonds is 4. The number of benzene rings is 1. The van der Waals surface area contributed by atoms with Crippen molar-refractivity contribution in [2.24, 2.45) is 0 Å². The Bertz CT molecular complexity index is 635. The van der Waals surface area contributed by atoms with Gasteiger partial charge in [0.1, 0.15) is 0 Å². The smallest absolute Gasteiger partial charge is 0.273 e. The largest absolute Gasteiger partial charge is 0.344 e. The van der Waals surface area contributed by atoms with Crippen molar-refractivity contribution < 1.29 is 4.79 Å². The normalized spacial score (nSPS) is 16.3.